The number of aliphatic hydroxyl groups excluding tert-OH is 1. The number of aliphatic hydroxyl groups is 1. The molecule has 0 radical (unpaired) electrons. The van der Waals surface area contributed by atoms with Gasteiger partial charge in [0.05, 0.1) is 23.7 Å². The van der Waals surface area contributed by atoms with Crippen LogP contribution in [0, 0.1) is 17.6 Å². The fraction of sp³-hybridized carbons (Fsp3) is 0.207. The van der Waals surface area contributed by atoms with Gasteiger partial charge in [-0.15, -0.1) is 0 Å². The second-order valence-electron chi connectivity index (χ2n) is 8.74. The van der Waals surface area contributed by atoms with E-state index in [0.29, 0.717) is 33.4 Å². The molecule has 2 N–H and O–H groups in total. The largest absolute Gasteiger partial charge is 0.395 e. The Labute approximate surface area is 230 Å². The van der Waals surface area contributed by atoms with Crippen LogP contribution in [0.3, 0.4) is 0 Å². The minimum absolute atomic E-state index is 0.00721. The normalized spacial score (nSPS) is 11.6. The summed E-state index contributed by atoms with van der Waals surface area (Å²) in [5.41, 5.74) is 2.91. The molecule has 1 atom stereocenters. The van der Waals surface area contributed by atoms with Gasteiger partial charge in [0.1, 0.15) is 11.5 Å². The van der Waals surface area contributed by atoms with Gasteiger partial charge in [-0.2, -0.15) is 0 Å². The smallest absolute Gasteiger partial charge is 0.171 e. The van der Waals surface area contributed by atoms with Crippen molar-refractivity contribution in [3.05, 3.63) is 106 Å². The van der Waals surface area contributed by atoms with Crippen LogP contribution >= 0.6 is 23.2 Å². The van der Waals surface area contributed by atoms with Crippen LogP contribution in [0.2, 0.25) is 10.0 Å². The molecule has 2 aromatic carbocycles. The van der Waals surface area contributed by atoms with Crippen LogP contribution in [-0.4, -0.2) is 34.0 Å². The first-order chi connectivity index (χ1) is 18.2. The summed E-state index contributed by atoms with van der Waals surface area (Å²) in [5, 5.41) is 13.6. The molecule has 0 unspecified atom stereocenters. The maximum atomic E-state index is 13.9. The number of halogens is 4. The number of nitrogens with zero attached hydrogens (tertiary/aromatic N) is 2. The fourth-order valence-electron chi connectivity index (χ4n) is 3.50. The zero-order valence-corrected chi connectivity index (χ0v) is 22.3. The zero-order chi connectivity index (χ0) is 27.7. The molecule has 4 rings (SSSR count). The van der Waals surface area contributed by atoms with E-state index in [9.17, 15) is 18.7 Å². The van der Waals surface area contributed by atoms with E-state index in [1.807, 2.05) is 26.0 Å². The molecule has 0 saturated heterocycles. The Hall–Kier alpha value is -3.23. The number of carbonyl (C=O) groups is 1. The molecule has 0 fully saturated rings. The van der Waals surface area contributed by atoms with Crippen molar-refractivity contribution in [3.63, 3.8) is 0 Å². The summed E-state index contributed by atoms with van der Waals surface area (Å²) in [6, 6.07) is 20.0. The predicted molar refractivity (Wildman–Crippen MR) is 147 cm³/mol. The molecule has 4 aromatic rings. The number of aromatic nitrogens is 2. The Bertz CT molecular complexity index is 1390. The summed E-state index contributed by atoms with van der Waals surface area (Å²) < 4.78 is 27.0. The van der Waals surface area contributed by atoms with Gasteiger partial charge in [0.2, 0.25) is 0 Å². The number of rotatable bonds is 8. The first-order valence-corrected chi connectivity index (χ1v) is 12.6. The van der Waals surface area contributed by atoms with E-state index in [0.717, 1.165) is 11.1 Å². The van der Waals surface area contributed by atoms with Crippen molar-refractivity contribution in [2.75, 3.05) is 6.61 Å². The van der Waals surface area contributed by atoms with Crippen LogP contribution in [0.5, 0.6) is 0 Å². The van der Waals surface area contributed by atoms with E-state index < -0.39 is 5.82 Å². The van der Waals surface area contributed by atoms with Crippen molar-refractivity contribution in [1.29, 1.82) is 0 Å². The van der Waals surface area contributed by atoms with E-state index in [1.165, 1.54) is 18.2 Å². The van der Waals surface area contributed by atoms with Gasteiger partial charge in [-0.05, 0) is 54.4 Å². The first kappa shape index (κ1) is 29.3. The second-order valence-corrected chi connectivity index (χ2v) is 9.61. The molecular weight excluding hydrogens is 531 g/mol. The van der Waals surface area contributed by atoms with E-state index in [1.54, 1.807) is 42.5 Å². The van der Waals surface area contributed by atoms with Crippen LogP contribution < -0.4 is 5.32 Å². The van der Waals surface area contributed by atoms with Crippen LogP contribution in [0.4, 0.5) is 8.78 Å². The number of pyridine rings is 2. The third kappa shape index (κ3) is 8.13. The van der Waals surface area contributed by atoms with Gasteiger partial charge < -0.3 is 10.4 Å². The molecule has 9 heteroatoms. The fourth-order valence-corrected chi connectivity index (χ4v) is 3.89. The Kier molecular flexibility index (Phi) is 10.9. The summed E-state index contributed by atoms with van der Waals surface area (Å²) in [5.74, 6) is -0.733. The van der Waals surface area contributed by atoms with Gasteiger partial charge >= 0.3 is 0 Å². The molecule has 0 bridgehead atoms. The van der Waals surface area contributed by atoms with Gasteiger partial charge in [-0.3, -0.25) is 4.79 Å². The maximum Gasteiger partial charge on any atom is 0.171 e. The highest BCUT2D eigenvalue weighted by molar-refractivity contribution is 6.31. The number of aldehydes is 1. The molecule has 0 aliphatic heterocycles. The molecule has 0 amide bonds. The maximum absolute atomic E-state index is 13.9. The number of hydrogen-bond acceptors (Lipinski definition) is 5. The van der Waals surface area contributed by atoms with Crippen LogP contribution in [0.1, 0.15) is 30.0 Å². The lowest BCUT2D eigenvalue weighted by atomic mass is 10.1. The van der Waals surface area contributed by atoms with E-state index in [-0.39, 0.29) is 36.6 Å². The standard InChI is InChI=1S/C17H20ClFN2O.C12H7ClFNO/c1-11(2)17(10-22)20-9-16-14(19)6-7-15(21-16)12-4-3-5-13(18)8-12;13-9-3-1-2-8(6-9)11-5-4-10(14)12(7-16)15-11/h3-8,11,17,20,22H,9-10H2,1-2H3;1-7H/t17-;/m0./s1. The lowest BCUT2D eigenvalue weighted by Gasteiger charge is -2.20. The summed E-state index contributed by atoms with van der Waals surface area (Å²) in [7, 11) is 0. The summed E-state index contributed by atoms with van der Waals surface area (Å²) in [4.78, 5) is 18.8. The molecule has 2 aromatic heterocycles. The molecule has 198 valence electrons. The van der Waals surface area contributed by atoms with Gasteiger partial charge in [0, 0.05) is 33.8 Å². The van der Waals surface area contributed by atoms with Crippen molar-refractivity contribution in [1.82, 2.24) is 15.3 Å². The second kappa shape index (κ2) is 14.1. The van der Waals surface area contributed by atoms with Gasteiger partial charge in [-0.25, -0.2) is 18.7 Å². The van der Waals surface area contributed by atoms with Gasteiger partial charge in [0.25, 0.3) is 0 Å². The number of hydrogen-bond donors (Lipinski definition) is 2. The third-order valence-electron chi connectivity index (χ3n) is 5.68. The summed E-state index contributed by atoms with van der Waals surface area (Å²) >= 11 is 11.8. The molecule has 0 saturated carbocycles. The molecule has 38 heavy (non-hydrogen) atoms. The van der Waals surface area contributed by atoms with Crippen LogP contribution in [0.15, 0.2) is 72.8 Å². The van der Waals surface area contributed by atoms with Crippen molar-refractivity contribution in [3.8, 4) is 22.5 Å². The average Bonchev–Trinajstić information content (AvgIpc) is 2.90. The molecule has 5 nitrogen and oxygen atoms in total. The number of nitrogens with one attached hydrogen (secondary N) is 1. The average molecular weight is 558 g/mol. The highest BCUT2D eigenvalue weighted by Gasteiger charge is 2.14. The van der Waals surface area contributed by atoms with E-state index in [2.05, 4.69) is 15.3 Å². The first-order valence-electron chi connectivity index (χ1n) is 11.8. The number of carbonyl (C=O) groups excluding carboxylic acids is 1. The summed E-state index contributed by atoms with van der Waals surface area (Å²) in [6.45, 7) is 4.27. The van der Waals surface area contributed by atoms with Gasteiger partial charge in [-0.1, -0.05) is 61.3 Å². The SMILES string of the molecule is CC(C)[C@H](CO)NCc1nc(-c2cccc(Cl)c2)ccc1F.O=Cc1nc(-c2cccc(Cl)c2)ccc1F. The Morgan fingerprint density at radius 3 is 1.92 bits per heavy atom. The third-order valence-corrected chi connectivity index (χ3v) is 6.15. The zero-order valence-electron chi connectivity index (χ0n) is 20.8. The predicted octanol–water partition coefficient (Wildman–Crippen LogP) is 7.00. The molecule has 2 heterocycles. The Morgan fingerprint density at radius 2 is 1.42 bits per heavy atom. The van der Waals surface area contributed by atoms with E-state index >= 15 is 0 Å². The lowest BCUT2D eigenvalue weighted by Crippen LogP contribution is -2.36. The topological polar surface area (TPSA) is 75.1 Å². The van der Waals surface area contributed by atoms with Crippen LogP contribution in [-0.2, 0) is 6.54 Å². The number of benzene rings is 2. The van der Waals surface area contributed by atoms with Gasteiger partial charge in [0.15, 0.2) is 12.1 Å². The minimum Gasteiger partial charge on any atom is -0.395 e. The van der Waals surface area contributed by atoms with Crippen molar-refractivity contribution < 1.29 is 18.7 Å². The van der Waals surface area contributed by atoms with Crippen molar-refractivity contribution in [2.24, 2.45) is 5.92 Å². The lowest BCUT2D eigenvalue weighted by molar-refractivity contribution is 0.111. The minimum atomic E-state index is -0.624. The van der Waals surface area contributed by atoms with Crippen molar-refractivity contribution >= 4 is 29.5 Å². The molecular formula is C29H27Cl2F2N3O2. The Morgan fingerprint density at radius 1 is 0.868 bits per heavy atom. The van der Waals surface area contributed by atoms with Crippen LogP contribution in [0.25, 0.3) is 22.5 Å². The quantitative estimate of drug-likeness (QED) is 0.228. The van der Waals surface area contributed by atoms with E-state index in [4.69, 9.17) is 23.2 Å². The highest BCUT2D eigenvalue weighted by Crippen LogP contribution is 2.23. The Balaban J connectivity index is 0.000000221. The monoisotopic (exact) mass is 557 g/mol. The molecule has 0 aliphatic carbocycles. The molecule has 0 spiro atoms. The highest BCUT2D eigenvalue weighted by atomic mass is 35.5. The summed E-state index contributed by atoms with van der Waals surface area (Å²) in [6.07, 6.45) is 0.392. The van der Waals surface area contributed by atoms with Crippen molar-refractivity contribution in [2.45, 2.75) is 26.4 Å². The molecule has 0 aliphatic rings.